The number of hydrogen-bond donors (Lipinski definition) is 1. The second-order valence-electron chi connectivity index (χ2n) is 5.48. The van der Waals surface area contributed by atoms with Crippen LogP contribution in [-0.2, 0) is 7.05 Å². The van der Waals surface area contributed by atoms with E-state index < -0.39 is 11.9 Å². The Balaban J connectivity index is 1.98. The van der Waals surface area contributed by atoms with Crippen LogP contribution >= 0.6 is 23.2 Å². The van der Waals surface area contributed by atoms with E-state index in [2.05, 4.69) is 10.3 Å². The lowest BCUT2D eigenvalue weighted by Crippen LogP contribution is -2.31. The number of halogens is 3. The van der Waals surface area contributed by atoms with Gasteiger partial charge in [0.25, 0.3) is 5.91 Å². The predicted octanol–water partition coefficient (Wildman–Crippen LogP) is 4.39. The average molecular weight is 378 g/mol. The molecule has 128 valence electrons. The standard InChI is InChI=1S/C18H14Cl2FN3O/c1-24-9-8-22-17(24)16(11-2-5-13(21)6-3-11)23-18(25)14-10-12(19)4-7-15(14)20/h2-10,16H,1H3,(H,23,25). The van der Waals surface area contributed by atoms with Crippen molar-refractivity contribution in [2.75, 3.05) is 0 Å². The SMILES string of the molecule is Cn1ccnc1C(NC(=O)c1cc(Cl)ccc1Cl)c1ccc(F)cc1. The molecular weight excluding hydrogens is 364 g/mol. The second kappa shape index (κ2) is 7.25. The molecule has 0 aliphatic heterocycles. The summed E-state index contributed by atoms with van der Waals surface area (Å²) >= 11 is 12.1. The Labute approximate surface area is 154 Å². The molecule has 25 heavy (non-hydrogen) atoms. The number of hydrogen-bond acceptors (Lipinski definition) is 2. The van der Waals surface area contributed by atoms with Crippen molar-refractivity contribution in [1.29, 1.82) is 0 Å². The first kappa shape index (κ1) is 17.5. The van der Waals surface area contributed by atoms with Gasteiger partial charge >= 0.3 is 0 Å². The fourth-order valence-corrected chi connectivity index (χ4v) is 2.86. The largest absolute Gasteiger partial charge is 0.338 e. The van der Waals surface area contributed by atoms with Gasteiger partial charge in [-0.25, -0.2) is 9.37 Å². The molecular formula is C18H14Cl2FN3O. The fourth-order valence-electron chi connectivity index (χ4n) is 2.49. The molecule has 7 heteroatoms. The van der Waals surface area contributed by atoms with Gasteiger partial charge in [-0.3, -0.25) is 4.79 Å². The second-order valence-corrected chi connectivity index (χ2v) is 6.32. The minimum Gasteiger partial charge on any atom is -0.338 e. The molecule has 0 saturated heterocycles. The van der Waals surface area contributed by atoms with E-state index in [1.165, 1.54) is 18.2 Å². The zero-order valence-electron chi connectivity index (χ0n) is 13.2. The van der Waals surface area contributed by atoms with Crippen LogP contribution in [0.2, 0.25) is 10.0 Å². The Kier molecular flexibility index (Phi) is 5.06. The highest BCUT2D eigenvalue weighted by Crippen LogP contribution is 2.24. The van der Waals surface area contributed by atoms with Gasteiger partial charge in [-0.2, -0.15) is 0 Å². The first-order valence-corrected chi connectivity index (χ1v) is 8.20. The smallest absolute Gasteiger partial charge is 0.253 e. The van der Waals surface area contributed by atoms with Crippen molar-refractivity contribution in [3.05, 3.63) is 87.7 Å². The quantitative estimate of drug-likeness (QED) is 0.732. The minimum atomic E-state index is -0.567. The molecule has 1 amide bonds. The van der Waals surface area contributed by atoms with E-state index in [1.807, 2.05) is 7.05 Å². The van der Waals surface area contributed by atoms with Crippen LogP contribution in [0, 0.1) is 5.82 Å². The van der Waals surface area contributed by atoms with E-state index in [-0.39, 0.29) is 11.4 Å². The first-order chi connectivity index (χ1) is 12.0. The average Bonchev–Trinajstić information content (AvgIpc) is 3.01. The molecule has 3 rings (SSSR count). The predicted molar refractivity (Wildman–Crippen MR) is 95.4 cm³/mol. The highest BCUT2D eigenvalue weighted by Gasteiger charge is 2.22. The number of rotatable bonds is 4. The van der Waals surface area contributed by atoms with Crippen LogP contribution in [0.25, 0.3) is 0 Å². The Morgan fingerprint density at radius 1 is 1.20 bits per heavy atom. The highest BCUT2D eigenvalue weighted by atomic mass is 35.5. The number of imidazole rings is 1. The summed E-state index contributed by atoms with van der Waals surface area (Å²) < 4.78 is 15.0. The molecule has 0 aliphatic rings. The lowest BCUT2D eigenvalue weighted by Gasteiger charge is -2.19. The number of nitrogens with zero attached hydrogens (tertiary/aromatic N) is 2. The molecule has 0 bridgehead atoms. The van der Waals surface area contributed by atoms with Gasteiger partial charge in [0, 0.05) is 24.5 Å². The molecule has 4 nitrogen and oxygen atoms in total. The number of benzene rings is 2. The lowest BCUT2D eigenvalue weighted by molar-refractivity contribution is 0.0941. The van der Waals surface area contributed by atoms with E-state index in [4.69, 9.17) is 23.2 Å². The van der Waals surface area contributed by atoms with E-state index in [1.54, 1.807) is 41.2 Å². The molecule has 3 aromatic rings. The van der Waals surface area contributed by atoms with Crippen LogP contribution in [-0.4, -0.2) is 15.5 Å². The van der Waals surface area contributed by atoms with Gasteiger partial charge < -0.3 is 9.88 Å². The number of aryl methyl sites for hydroxylation is 1. The van der Waals surface area contributed by atoms with Crippen molar-refractivity contribution in [2.24, 2.45) is 7.05 Å². The first-order valence-electron chi connectivity index (χ1n) is 7.44. The summed E-state index contributed by atoms with van der Waals surface area (Å²) in [4.78, 5) is 17.0. The molecule has 1 aromatic heterocycles. The van der Waals surface area contributed by atoms with E-state index >= 15 is 0 Å². The Hall–Kier alpha value is -2.37. The number of aromatic nitrogens is 2. The third kappa shape index (κ3) is 3.83. The number of nitrogens with one attached hydrogen (secondary N) is 1. The summed E-state index contributed by atoms with van der Waals surface area (Å²) in [5, 5.41) is 3.59. The molecule has 0 saturated carbocycles. The third-order valence-corrected chi connectivity index (χ3v) is 4.33. The van der Waals surface area contributed by atoms with E-state index in [0.29, 0.717) is 21.4 Å². The van der Waals surface area contributed by atoms with Crippen LogP contribution in [0.5, 0.6) is 0 Å². The van der Waals surface area contributed by atoms with Crippen molar-refractivity contribution in [3.8, 4) is 0 Å². The zero-order chi connectivity index (χ0) is 18.0. The number of amides is 1. The Morgan fingerprint density at radius 3 is 2.56 bits per heavy atom. The molecule has 0 aliphatic carbocycles. The highest BCUT2D eigenvalue weighted by molar-refractivity contribution is 6.35. The zero-order valence-corrected chi connectivity index (χ0v) is 14.7. The van der Waals surface area contributed by atoms with Crippen LogP contribution < -0.4 is 5.32 Å². The van der Waals surface area contributed by atoms with Crippen LogP contribution in [0.4, 0.5) is 4.39 Å². The van der Waals surface area contributed by atoms with E-state index in [0.717, 1.165) is 0 Å². The molecule has 1 unspecified atom stereocenters. The molecule has 0 radical (unpaired) electrons. The van der Waals surface area contributed by atoms with Gasteiger partial charge in [-0.1, -0.05) is 35.3 Å². The lowest BCUT2D eigenvalue weighted by atomic mass is 10.1. The van der Waals surface area contributed by atoms with E-state index in [9.17, 15) is 9.18 Å². The van der Waals surface area contributed by atoms with Crippen molar-refractivity contribution in [1.82, 2.24) is 14.9 Å². The van der Waals surface area contributed by atoms with Crippen molar-refractivity contribution in [2.45, 2.75) is 6.04 Å². The summed E-state index contributed by atoms with van der Waals surface area (Å²) in [5.74, 6) is -0.144. The summed E-state index contributed by atoms with van der Waals surface area (Å²) in [6.45, 7) is 0. The van der Waals surface area contributed by atoms with Gasteiger partial charge in [0.05, 0.1) is 10.6 Å². The molecule has 1 N–H and O–H groups in total. The summed E-state index contributed by atoms with van der Waals surface area (Å²) in [6, 6.07) is 9.99. The minimum absolute atomic E-state index is 0.260. The van der Waals surface area contributed by atoms with Crippen molar-refractivity contribution < 1.29 is 9.18 Å². The maximum atomic E-state index is 13.3. The molecule has 0 fully saturated rings. The number of carbonyl (C=O) groups excluding carboxylic acids is 1. The summed E-state index contributed by atoms with van der Waals surface area (Å²) in [6.07, 6.45) is 3.40. The van der Waals surface area contributed by atoms with Gasteiger partial charge in [0.1, 0.15) is 17.7 Å². The molecule has 1 heterocycles. The van der Waals surface area contributed by atoms with Crippen LogP contribution in [0.1, 0.15) is 27.8 Å². The van der Waals surface area contributed by atoms with Gasteiger partial charge in [0.15, 0.2) is 0 Å². The number of carbonyl (C=O) groups is 1. The third-order valence-electron chi connectivity index (χ3n) is 3.77. The molecule has 1 atom stereocenters. The van der Waals surface area contributed by atoms with Gasteiger partial charge in [0.2, 0.25) is 0 Å². The molecule has 2 aromatic carbocycles. The topological polar surface area (TPSA) is 46.9 Å². The van der Waals surface area contributed by atoms with Gasteiger partial charge in [-0.15, -0.1) is 0 Å². The molecule has 0 spiro atoms. The van der Waals surface area contributed by atoms with Crippen LogP contribution in [0.15, 0.2) is 54.9 Å². The Bertz CT molecular complexity index is 909. The normalized spacial score (nSPS) is 12.0. The van der Waals surface area contributed by atoms with Crippen molar-refractivity contribution >= 4 is 29.1 Å². The van der Waals surface area contributed by atoms with Gasteiger partial charge in [-0.05, 0) is 35.9 Å². The summed E-state index contributed by atoms with van der Waals surface area (Å²) in [5.41, 5.74) is 0.956. The van der Waals surface area contributed by atoms with Crippen molar-refractivity contribution in [3.63, 3.8) is 0 Å². The fraction of sp³-hybridized carbons (Fsp3) is 0.111. The monoisotopic (exact) mass is 377 g/mol. The maximum absolute atomic E-state index is 13.3. The Morgan fingerprint density at radius 2 is 1.92 bits per heavy atom. The summed E-state index contributed by atoms with van der Waals surface area (Å²) in [7, 11) is 1.82. The maximum Gasteiger partial charge on any atom is 0.253 e. The van der Waals surface area contributed by atoms with Crippen LogP contribution in [0.3, 0.4) is 0 Å².